The lowest BCUT2D eigenvalue weighted by Gasteiger charge is -2.21. The van der Waals surface area contributed by atoms with Crippen LogP contribution in [0.4, 0.5) is 0 Å². The number of amidine groups is 1. The van der Waals surface area contributed by atoms with Gasteiger partial charge >= 0.3 is 0 Å². The fraction of sp³-hybridized carbons (Fsp3) is 0.368. The number of allylic oxidation sites excluding steroid dienone is 1. The van der Waals surface area contributed by atoms with Crippen LogP contribution < -0.4 is 5.48 Å². The number of fused-ring (bicyclic) bond motifs is 1. The maximum Gasteiger partial charge on any atom is 0.276 e. The molecule has 4 fully saturated rings. The molecule has 2 aliphatic carbocycles. The van der Waals surface area contributed by atoms with Crippen LogP contribution in [-0.4, -0.2) is 34.4 Å². The van der Waals surface area contributed by atoms with Crippen LogP contribution in [0.25, 0.3) is 0 Å². The second-order valence-corrected chi connectivity index (χ2v) is 8.17. The summed E-state index contributed by atoms with van der Waals surface area (Å²) in [6.07, 6.45) is 6.82. The van der Waals surface area contributed by atoms with Gasteiger partial charge in [-0.3, -0.25) is 10.0 Å². The first-order chi connectivity index (χ1) is 12.6. The summed E-state index contributed by atoms with van der Waals surface area (Å²) in [6.45, 7) is 0.933. The number of nitrogens with one attached hydrogen (secondary N) is 1. The van der Waals surface area contributed by atoms with Crippen LogP contribution in [0, 0.1) is 11.8 Å². The van der Waals surface area contributed by atoms with Crippen molar-refractivity contribution in [1.29, 1.82) is 0 Å². The van der Waals surface area contributed by atoms with Gasteiger partial charge < -0.3 is 4.90 Å². The van der Waals surface area contributed by atoms with Crippen LogP contribution in [0.15, 0.2) is 47.1 Å². The van der Waals surface area contributed by atoms with Crippen LogP contribution in [0.5, 0.6) is 0 Å². The molecule has 0 aromatic heterocycles. The van der Waals surface area contributed by atoms with Crippen LogP contribution >= 0.6 is 23.2 Å². The molecule has 2 bridgehead atoms. The zero-order valence-corrected chi connectivity index (χ0v) is 15.3. The Hall–Kier alpha value is -1.82. The molecule has 26 heavy (non-hydrogen) atoms. The van der Waals surface area contributed by atoms with E-state index in [0.29, 0.717) is 33.5 Å². The van der Waals surface area contributed by atoms with Gasteiger partial charge in [-0.25, -0.2) is 10.5 Å². The molecule has 1 aromatic rings. The van der Waals surface area contributed by atoms with Gasteiger partial charge in [0.15, 0.2) is 0 Å². The van der Waals surface area contributed by atoms with Gasteiger partial charge in [0.1, 0.15) is 5.84 Å². The summed E-state index contributed by atoms with van der Waals surface area (Å²) in [5.41, 5.74) is 3.47. The minimum atomic E-state index is -0.546. The van der Waals surface area contributed by atoms with E-state index in [1.54, 1.807) is 11.6 Å². The average Bonchev–Trinajstić information content (AvgIpc) is 3.43. The van der Waals surface area contributed by atoms with Gasteiger partial charge in [0, 0.05) is 30.6 Å². The molecule has 3 heterocycles. The number of halogens is 2. The topological polar surface area (TPSA) is 64.9 Å². The fourth-order valence-electron chi connectivity index (χ4n) is 4.89. The first-order valence-electron chi connectivity index (χ1n) is 8.68. The maximum absolute atomic E-state index is 11.6. The van der Waals surface area contributed by atoms with E-state index in [1.807, 2.05) is 18.2 Å². The molecule has 7 heteroatoms. The molecule has 3 aliphatic heterocycles. The maximum atomic E-state index is 11.6. The Bertz CT molecular complexity index is 898. The van der Waals surface area contributed by atoms with Crippen LogP contribution in [0.2, 0.25) is 10.0 Å². The van der Waals surface area contributed by atoms with E-state index >= 15 is 0 Å². The Balaban J connectivity index is 1.40. The zero-order valence-electron chi connectivity index (χ0n) is 13.8. The van der Waals surface area contributed by atoms with Crippen molar-refractivity contribution in [1.82, 2.24) is 10.4 Å². The van der Waals surface area contributed by atoms with E-state index in [2.05, 4.69) is 16.0 Å². The van der Waals surface area contributed by atoms with E-state index in [1.165, 1.54) is 11.8 Å². The highest BCUT2D eigenvalue weighted by atomic mass is 35.5. The molecular weight excluding hydrogens is 373 g/mol. The first kappa shape index (κ1) is 16.4. The lowest BCUT2D eigenvalue weighted by Crippen LogP contribution is -2.30. The van der Waals surface area contributed by atoms with Gasteiger partial charge in [-0.05, 0) is 36.0 Å². The number of rotatable bonds is 2. The molecule has 2 saturated carbocycles. The largest absolute Gasteiger partial charge is 0.355 e. The summed E-state index contributed by atoms with van der Waals surface area (Å²) >= 11 is 12.3. The monoisotopic (exact) mass is 389 g/mol. The van der Waals surface area contributed by atoms with E-state index < -0.39 is 5.91 Å². The lowest BCUT2D eigenvalue weighted by atomic mass is 9.88. The van der Waals surface area contributed by atoms with E-state index in [4.69, 9.17) is 28.4 Å². The molecule has 5 nitrogen and oxygen atoms in total. The van der Waals surface area contributed by atoms with Gasteiger partial charge in [-0.15, -0.1) is 0 Å². The van der Waals surface area contributed by atoms with Crippen molar-refractivity contribution in [2.24, 2.45) is 16.8 Å². The third-order valence-corrected chi connectivity index (χ3v) is 6.93. The predicted octanol–water partition coefficient (Wildman–Crippen LogP) is 3.31. The van der Waals surface area contributed by atoms with Crippen molar-refractivity contribution < 1.29 is 10.0 Å². The van der Waals surface area contributed by atoms with Crippen molar-refractivity contribution in [3.8, 4) is 0 Å². The molecule has 0 spiro atoms. The van der Waals surface area contributed by atoms with Crippen molar-refractivity contribution >= 4 is 34.9 Å². The van der Waals surface area contributed by atoms with Gasteiger partial charge in [-0.1, -0.05) is 41.4 Å². The third kappa shape index (κ3) is 2.14. The molecule has 0 radical (unpaired) electrons. The summed E-state index contributed by atoms with van der Waals surface area (Å²) in [5, 5.41) is 10.0. The summed E-state index contributed by atoms with van der Waals surface area (Å²) in [6, 6.07) is 6.52. The number of piperidine rings is 1. The molecule has 3 unspecified atom stereocenters. The zero-order chi connectivity index (χ0) is 18.1. The summed E-state index contributed by atoms with van der Waals surface area (Å²) in [7, 11) is 0. The normalized spacial score (nSPS) is 36.9. The van der Waals surface area contributed by atoms with Crippen molar-refractivity contribution in [2.45, 2.75) is 24.3 Å². The van der Waals surface area contributed by atoms with Gasteiger partial charge in [0.05, 0.1) is 15.6 Å². The molecule has 2 N–H and O–H groups in total. The number of hydroxylamine groups is 1. The van der Waals surface area contributed by atoms with Gasteiger partial charge in [0.25, 0.3) is 5.91 Å². The summed E-state index contributed by atoms with van der Waals surface area (Å²) < 4.78 is 0. The van der Waals surface area contributed by atoms with Crippen LogP contribution in [-0.2, 0) is 10.2 Å². The molecular formula is C19H17Cl2N3O2. The van der Waals surface area contributed by atoms with Crippen molar-refractivity contribution in [3.63, 3.8) is 0 Å². The number of aliphatic imine (C=N–C) groups is 1. The smallest absolute Gasteiger partial charge is 0.276 e. The summed E-state index contributed by atoms with van der Waals surface area (Å²) in [4.78, 5) is 18.6. The Morgan fingerprint density at radius 3 is 2.85 bits per heavy atom. The highest BCUT2D eigenvalue weighted by molar-refractivity contribution is 6.42. The number of hydrogen-bond acceptors (Lipinski definition) is 4. The molecule has 1 aromatic carbocycles. The predicted molar refractivity (Wildman–Crippen MR) is 99.4 cm³/mol. The molecule has 134 valence electrons. The van der Waals surface area contributed by atoms with Crippen molar-refractivity contribution in [2.75, 3.05) is 6.54 Å². The average molecular weight is 390 g/mol. The van der Waals surface area contributed by atoms with Gasteiger partial charge in [0.2, 0.25) is 0 Å². The number of nitrogens with zero attached hydrogens (tertiary/aromatic N) is 2. The molecule has 2 saturated heterocycles. The molecule has 4 atom stereocenters. The Morgan fingerprint density at radius 1 is 1.31 bits per heavy atom. The van der Waals surface area contributed by atoms with Gasteiger partial charge in [-0.2, -0.15) is 0 Å². The van der Waals surface area contributed by atoms with E-state index in [9.17, 15) is 4.79 Å². The summed E-state index contributed by atoms with van der Waals surface area (Å²) in [5.74, 6) is 1.81. The highest BCUT2D eigenvalue weighted by Crippen LogP contribution is 2.84. The number of benzene rings is 1. The molecule has 1 amide bonds. The lowest BCUT2D eigenvalue weighted by molar-refractivity contribution is -0.124. The minimum absolute atomic E-state index is 0.189. The molecule has 6 rings (SSSR count). The number of amides is 1. The number of hydrogen-bond donors (Lipinski definition) is 2. The number of carbonyl (C=O) groups is 1. The quantitative estimate of drug-likeness (QED) is 0.602. The second-order valence-electron chi connectivity index (χ2n) is 7.35. The fourth-order valence-corrected chi connectivity index (χ4v) is 5.19. The standard InChI is InChI=1S/C19H17Cl2N3O2/c20-12-6-5-11(7-13(12)21)19-9-24(17-15(19)16(17)19)14-4-2-1-3-10(8-22-14)18(25)23-26/h1,3,5-8,15-17,26H,2,4,9H2,(H,23,25)/b3-1-,10-8+,22-14?/t15-,16?,17?,19?/m1/s1. The van der Waals surface area contributed by atoms with Crippen molar-refractivity contribution in [3.05, 3.63) is 57.7 Å². The number of carbonyl (C=O) groups excluding carboxylic acids is 1. The highest BCUT2D eigenvalue weighted by Gasteiger charge is 2.90. The van der Waals surface area contributed by atoms with Crippen LogP contribution in [0.1, 0.15) is 18.4 Å². The van der Waals surface area contributed by atoms with E-state index in [-0.39, 0.29) is 5.41 Å². The molecule has 5 aliphatic rings. The Labute approximate surface area is 160 Å². The van der Waals surface area contributed by atoms with E-state index in [0.717, 1.165) is 25.2 Å². The van der Waals surface area contributed by atoms with Crippen LogP contribution in [0.3, 0.4) is 0 Å². The second kappa shape index (κ2) is 5.59. The minimum Gasteiger partial charge on any atom is -0.355 e. The SMILES string of the molecule is O=C(NO)C1=C/N=C(N2CC3(c4ccc(Cl)c(Cl)c4)C4C2[C@@H]43)CC/C=C\1. The first-order valence-corrected chi connectivity index (χ1v) is 9.43. The third-order valence-electron chi connectivity index (χ3n) is 6.19. The Morgan fingerprint density at radius 2 is 2.12 bits per heavy atom. The Kier molecular flexibility index (Phi) is 3.52.